The normalized spacial score (nSPS) is 13.3. The van der Waals surface area contributed by atoms with E-state index in [-0.39, 0.29) is 6.42 Å². The number of anilines is 2. The summed E-state index contributed by atoms with van der Waals surface area (Å²) in [5.41, 5.74) is 8.47. The van der Waals surface area contributed by atoms with E-state index in [0.717, 1.165) is 33.5 Å². The second kappa shape index (κ2) is 7.09. The van der Waals surface area contributed by atoms with Gasteiger partial charge < -0.3 is 16.2 Å². The van der Waals surface area contributed by atoms with Gasteiger partial charge in [0, 0.05) is 17.5 Å². The van der Waals surface area contributed by atoms with Gasteiger partial charge in [-0.15, -0.1) is 0 Å². The molecule has 0 aliphatic rings. The van der Waals surface area contributed by atoms with Crippen molar-refractivity contribution in [3.8, 4) is 0 Å². The first-order valence-corrected chi connectivity index (χ1v) is 8.51. The maximum Gasteiger partial charge on any atom is 0.324 e. The Morgan fingerprint density at radius 1 is 1.19 bits per heavy atom. The molecule has 4 N–H and O–H groups in total. The number of nitrogens with one attached hydrogen (secondary N) is 1. The first-order chi connectivity index (χ1) is 12.4. The highest BCUT2D eigenvalue weighted by molar-refractivity contribution is 5.93. The van der Waals surface area contributed by atoms with Crippen LogP contribution in [0.5, 0.6) is 0 Å². The molecule has 0 unspecified atom stereocenters. The fraction of sp³-hybridized carbons (Fsp3) is 0.250. The molecule has 0 aliphatic carbocycles. The van der Waals surface area contributed by atoms with Crippen LogP contribution in [0.2, 0.25) is 0 Å². The van der Waals surface area contributed by atoms with Crippen molar-refractivity contribution < 1.29 is 9.90 Å². The number of rotatable bonds is 6. The molecule has 0 aliphatic heterocycles. The van der Waals surface area contributed by atoms with Gasteiger partial charge in [-0.05, 0) is 42.7 Å². The number of fused-ring (bicyclic) bond motifs is 1. The van der Waals surface area contributed by atoms with Gasteiger partial charge >= 0.3 is 5.97 Å². The van der Waals surface area contributed by atoms with Crippen molar-refractivity contribution in [2.24, 2.45) is 5.73 Å². The predicted molar refractivity (Wildman–Crippen MR) is 103 cm³/mol. The van der Waals surface area contributed by atoms with E-state index in [1.807, 2.05) is 49.4 Å². The maximum absolute atomic E-state index is 11.4. The largest absolute Gasteiger partial charge is 0.480 e. The summed E-state index contributed by atoms with van der Waals surface area (Å²) < 4.78 is 0. The molecule has 1 heterocycles. The highest BCUT2D eigenvalue weighted by Gasteiger charge is 2.31. The smallest absolute Gasteiger partial charge is 0.324 e. The Morgan fingerprint density at radius 2 is 1.92 bits per heavy atom. The van der Waals surface area contributed by atoms with Crippen LogP contribution in [-0.2, 0) is 11.2 Å². The number of nitrogens with zero attached hydrogens (tertiary/aromatic N) is 2. The summed E-state index contributed by atoms with van der Waals surface area (Å²) in [5, 5.41) is 13.6. The van der Waals surface area contributed by atoms with E-state index in [1.165, 1.54) is 6.33 Å². The van der Waals surface area contributed by atoms with E-state index < -0.39 is 11.5 Å². The number of aliphatic carboxylic acids is 1. The molecule has 3 rings (SSSR count). The van der Waals surface area contributed by atoms with Crippen LogP contribution in [0.1, 0.15) is 24.5 Å². The van der Waals surface area contributed by atoms with Gasteiger partial charge in [-0.25, -0.2) is 9.97 Å². The molecule has 0 bridgehead atoms. The number of carboxylic acids is 1. The zero-order chi connectivity index (χ0) is 18.7. The predicted octanol–water partition coefficient (Wildman–Crippen LogP) is 3.42. The molecule has 0 fully saturated rings. The minimum Gasteiger partial charge on any atom is -0.480 e. The molecule has 0 saturated carbocycles. The first-order valence-electron chi connectivity index (χ1n) is 8.51. The van der Waals surface area contributed by atoms with E-state index in [9.17, 15) is 9.90 Å². The fourth-order valence-electron chi connectivity index (χ4n) is 2.93. The number of aromatic nitrogens is 2. The van der Waals surface area contributed by atoms with Crippen LogP contribution >= 0.6 is 0 Å². The van der Waals surface area contributed by atoms with Crippen LogP contribution in [-0.4, -0.2) is 26.6 Å². The second-order valence-corrected chi connectivity index (χ2v) is 6.50. The number of hydrogen-bond donors (Lipinski definition) is 3. The molecule has 1 atom stereocenters. The number of hydrogen-bond acceptors (Lipinski definition) is 5. The van der Waals surface area contributed by atoms with Crippen LogP contribution in [0.15, 0.2) is 48.8 Å². The van der Waals surface area contributed by atoms with Gasteiger partial charge in [-0.2, -0.15) is 0 Å². The Balaban J connectivity index is 1.84. The standard InChI is InChI=1S/C20H22N4O2/c1-3-20(21,19(25)26)11-14-7-9-15(10-8-14)24-18-17-13(2)5-4-6-16(17)22-12-23-18/h4-10,12H,3,11,21H2,1-2H3,(H,25,26)(H,22,23,24)/t20-/m0/s1. The third-order valence-corrected chi connectivity index (χ3v) is 4.66. The lowest BCUT2D eigenvalue weighted by atomic mass is 9.89. The SMILES string of the molecule is CC[C@](N)(Cc1ccc(Nc2ncnc3cccc(C)c23)cc1)C(=O)O. The molecule has 0 radical (unpaired) electrons. The Morgan fingerprint density at radius 3 is 2.58 bits per heavy atom. The van der Waals surface area contributed by atoms with Crippen molar-refractivity contribution in [1.82, 2.24) is 9.97 Å². The average molecular weight is 350 g/mol. The minimum atomic E-state index is -1.24. The molecular formula is C20H22N4O2. The lowest BCUT2D eigenvalue weighted by Gasteiger charge is -2.23. The summed E-state index contributed by atoms with van der Waals surface area (Å²) in [6.45, 7) is 3.81. The van der Waals surface area contributed by atoms with Crippen molar-refractivity contribution in [2.75, 3.05) is 5.32 Å². The topological polar surface area (TPSA) is 101 Å². The lowest BCUT2D eigenvalue weighted by molar-refractivity contribution is -0.143. The summed E-state index contributed by atoms with van der Waals surface area (Å²) in [5.74, 6) is -0.238. The van der Waals surface area contributed by atoms with Gasteiger partial charge in [0.15, 0.2) is 0 Å². The molecule has 6 nitrogen and oxygen atoms in total. The molecule has 134 valence electrons. The molecule has 2 aromatic carbocycles. The van der Waals surface area contributed by atoms with E-state index >= 15 is 0 Å². The van der Waals surface area contributed by atoms with Crippen LogP contribution in [0.4, 0.5) is 11.5 Å². The zero-order valence-corrected chi connectivity index (χ0v) is 14.9. The maximum atomic E-state index is 11.4. The van der Waals surface area contributed by atoms with Crippen molar-refractivity contribution in [3.63, 3.8) is 0 Å². The highest BCUT2D eigenvalue weighted by atomic mass is 16.4. The molecule has 1 aromatic heterocycles. The third kappa shape index (κ3) is 3.50. The number of nitrogens with two attached hydrogens (primary N) is 1. The summed E-state index contributed by atoms with van der Waals surface area (Å²) in [6, 6.07) is 13.5. The molecule has 3 aromatic rings. The lowest BCUT2D eigenvalue weighted by Crippen LogP contribution is -2.49. The van der Waals surface area contributed by atoms with Crippen LogP contribution in [0, 0.1) is 6.92 Å². The molecule has 26 heavy (non-hydrogen) atoms. The highest BCUT2D eigenvalue weighted by Crippen LogP contribution is 2.26. The van der Waals surface area contributed by atoms with E-state index in [4.69, 9.17) is 5.73 Å². The average Bonchev–Trinajstić information content (AvgIpc) is 2.63. The minimum absolute atomic E-state index is 0.286. The van der Waals surface area contributed by atoms with Crippen molar-refractivity contribution in [1.29, 1.82) is 0 Å². The van der Waals surface area contributed by atoms with Gasteiger partial charge in [0.2, 0.25) is 0 Å². The quantitative estimate of drug-likeness (QED) is 0.630. The summed E-state index contributed by atoms with van der Waals surface area (Å²) in [6.07, 6.45) is 2.19. The van der Waals surface area contributed by atoms with Gasteiger partial charge in [0.05, 0.1) is 5.52 Å². The van der Waals surface area contributed by atoms with E-state index in [0.29, 0.717) is 6.42 Å². The molecule has 0 spiro atoms. The first kappa shape index (κ1) is 17.8. The Hall–Kier alpha value is -2.99. The zero-order valence-electron chi connectivity index (χ0n) is 14.9. The van der Waals surface area contributed by atoms with Crippen LogP contribution in [0.25, 0.3) is 10.9 Å². The summed E-state index contributed by atoms with van der Waals surface area (Å²) >= 11 is 0. The number of carbonyl (C=O) groups is 1. The van der Waals surface area contributed by atoms with Crippen molar-refractivity contribution in [2.45, 2.75) is 32.2 Å². The monoisotopic (exact) mass is 350 g/mol. The third-order valence-electron chi connectivity index (χ3n) is 4.66. The fourth-order valence-corrected chi connectivity index (χ4v) is 2.93. The van der Waals surface area contributed by atoms with Gasteiger partial charge in [-0.3, -0.25) is 4.79 Å². The number of carboxylic acid groups (broad SMARTS) is 1. The Bertz CT molecular complexity index is 935. The summed E-state index contributed by atoms with van der Waals surface area (Å²) in [7, 11) is 0. The van der Waals surface area contributed by atoms with Crippen molar-refractivity contribution in [3.05, 3.63) is 59.9 Å². The Labute approximate surface area is 152 Å². The van der Waals surface area contributed by atoms with Crippen LogP contribution < -0.4 is 11.1 Å². The molecule has 0 amide bonds. The van der Waals surface area contributed by atoms with E-state index in [2.05, 4.69) is 15.3 Å². The molecule has 0 saturated heterocycles. The van der Waals surface area contributed by atoms with Crippen molar-refractivity contribution >= 4 is 28.4 Å². The van der Waals surface area contributed by atoms with Gasteiger partial charge in [-0.1, -0.05) is 31.2 Å². The van der Waals surface area contributed by atoms with E-state index in [1.54, 1.807) is 6.92 Å². The second-order valence-electron chi connectivity index (χ2n) is 6.50. The Kier molecular flexibility index (Phi) is 4.86. The number of aryl methyl sites for hydroxylation is 1. The van der Waals surface area contributed by atoms with Gasteiger partial charge in [0.25, 0.3) is 0 Å². The number of benzene rings is 2. The summed E-state index contributed by atoms with van der Waals surface area (Å²) in [4.78, 5) is 20.0. The molecule has 6 heteroatoms. The van der Waals surface area contributed by atoms with Gasteiger partial charge in [0.1, 0.15) is 17.7 Å². The van der Waals surface area contributed by atoms with Crippen LogP contribution in [0.3, 0.4) is 0 Å². The molecular weight excluding hydrogens is 328 g/mol.